The SMILES string of the molecule is CSC[C@](C)(O)CNc1cc(C#N)c2ccccc2n1. The molecule has 1 atom stereocenters. The molecule has 1 aromatic heterocycles. The van der Waals surface area contributed by atoms with Crippen molar-refractivity contribution in [2.75, 3.05) is 23.9 Å². The molecule has 0 fully saturated rings. The van der Waals surface area contributed by atoms with Crippen LogP contribution in [0, 0.1) is 11.3 Å². The number of hydrogen-bond donors (Lipinski definition) is 2. The molecular formula is C15H17N3OS. The zero-order valence-electron chi connectivity index (χ0n) is 11.6. The molecule has 0 aliphatic rings. The molecule has 0 aliphatic heterocycles. The summed E-state index contributed by atoms with van der Waals surface area (Å²) in [5.41, 5.74) is 0.556. The quantitative estimate of drug-likeness (QED) is 0.884. The summed E-state index contributed by atoms with van der Waals surface area (Å²) in [6, 6.07) is 11.4. The van der Waals surface area contributed by atoms with Crippen LogP contribution in [0.15, 0.2) is 30.3 Å². The first kappa shape index (κ1) is 14.6. The second kappa shape index (κ2) is 6.12. The molecule has 0 aliphatic carbocycles. The maximum absolute atomic E-state index is 10.1. The van der Waals surface area contributed by atoms with E-state index in [-0.39, 0.29) is 0 Å². The summed E-state index contributed by atoms with van der Waals surface area (Å²) in [5.74, 6) is 1.25. The number of hydrogen-bond acceptors (Lipinski definition) is 5. The van der Waals surface area contributed by atoms with Crippen LogP contribution in [0.5, 0.6) is 0 Å². The average Bonchev–Trinajstić information content (AvgIpc) is 2.44. The molecule has 2 N–H and O–H groups in total. The Morgan fingerprint density at radius 1 is 1.45 bits per heavy atom. The Kier molecular flexibility index (Phi) is 4.48. The summed E-state index contributed by atoms with van der Waals surface area (Å²) in [7, 11) is 0. The molecule has 0 bridgehead atoms. The second-order valence-electron chi connectivity index (χ2n) is 4.97. The van der Waals surface area contributed by atoms with Gasteiger partial charge >= 0.3 is 0 Å². The second-order valence-corrected chi connectivity index (χ2v) is 5.83. The van der Waals surface area contributed by atoms with Crippen molar-refractivity contribution in [1.29, 1.82) is 5.26 Å². The first-order valence-corrected chi connectivity index (χ1v) is 7.70. The maximum Gasteiger partial charge on any atom is 0.128 e. The molecular weight excluding hydrogens is 270 g/mol. The van der Waals surface area contributed by atoms with E-state index in [2.05, 4.69) is 16.4 Å². The van der Waals surface area contributed by atoms with Crippen LogP contribution in [-0.4, -0.2) is 34.2 Å². The number of aromatic nitrogens is 1. The van der Waals surface area contributed by atoms with Gasteiger partial charge in [-0.3, -0.25) is 0 Å². The number of anilines is 1. The number of nitriles is 1. The smallest absolute Gasteiger partial charge is 0.128 e. The molecule has 1 aromatic carbocycles. The lowest BCUT2D eigenvalue weighted by Gasteiger charge is -2.23. The normalized spacial score (nSPS) is 13.7. The van der Waals surface area contributed by atoms with Crippen molar-refractivity contribution in [3.05, 3.63) is 35.9 Å². The molecule has 0 amide bonds. The number of thioether (sulfide) groups is 1. The summed E-state index contributed by atoms with van der Waals surface area (Å²) < 4.78 is 0. The minimum atomic E-state index is -0.806. The van der Waals surface area contributed by atoms with E-state index in [9.17, 15) is 10.4 Å². The van der Waals surface area contributed by atoms with Crippen molar-refractivity contribution >= 4 is 28.5 Å². The highest BCUT2D eigenvalue weighted by atomic mass is 32.2. The first-order chi connectivity index (χ1) is 9.55. The summed E-state index contributed by atoms with van der Waals surface area (Å²) in [6.07, 6.45) is 1.95. The van der Waals surface area contributed by atoms with Crippen LogP contribution in [0.1, 0.15) is 12.5 Å². The summed E-state index contributed by atoms with van der Waals surface area (Å²) in [6.45, 7) is 2.17. The number of pyridine rings is 1. The lowest BCUT2D eigenvalue weighted by Crippen LogP contribution is -2.36. The van der Waals surface area contributed by atoms with Gasteiger partial charge in [0.05, 0.1) is 22.8 Å². The van der Waals surface area contributed by atoms with E-state index >= 15 is 0 Å². The molecule has 0 radical (unpaired) electrons. The minimum Gasteiger partial charge on any atom is -0.387 e. The van der Waals surface area contributed by atoms with Gasteiger partial charge in [-0.2, -0.15) is 17.0 Å². The molecule has 0 saturated carbocycles. The molecule has 5 heteroatoms. The van der Waals surface area contributed by atoms with Gasteiger partial charge in [0.25, 0.3) is 0 Å². The van der Waals surface area contributed by atoms with Crippen LogP contribution in [0.25, 0.3) is 10.9 Å². The van der Waals surface area contributed by atoms with E-state index in [0.29, 0.717) is 23.7 Å². The molecule has 0 spiro atoms. The van der Waals surface area contributed by atoms with Crippen LogP contribution < -0.4 is 5.32 Å². The molecule has 0 unspecified atom stereocenters. The number of nitrogens with one attached hydrogen (secondary N) is 1. The van der Waals surface area contributed by atoms with E-state index in [0.717, 1.165) is 10.9 Å². The van der Waals surface area contributed by atoms with Gasteiger partial charge in [-0.25, -0.2) is 4.98 Å². The predicted molar refractivity (Wildman–Crippen MR) is 84.0 cm³/mol. The number of benzene rings is 1. The van der Waals surface area contributed by atoms with Crippen molar-refractivity contribution in [2.45, 2.75) is 12.5 Å². The Balaban J connectivity index is 2.25. The first-order valence-electron chi connectivity index (χ1n) is 6.31. The van der Waals surface area contributed by atoms with Gasteiger partial charge in [-0.1, -0.05) is 18.2 Å². The molecule has 104 valence electrons. The van der Waals surface area contributed by atoms with Crippen molar-refractivity contribution in [3.63, 3.8) is 0 Å². The third kappa shape index (κ3) is 3.41. The fraction of sp³-hybridized carbons (Fsp3) is 0.333. The maximum atomic E-state index is 10.1. The number of nitrogens with zero attached hydrogens (tertiary/aromatic N) is 2. The number of para-hydroxylation sites is 1. The molecule has 2 aromatic rings. The monoisotopic (exact) mass is 287 g/mol. The molecule has 0 saturated heterocycles. The van der Waals surface area contributed by atoms with Crippen LogP contribution in [-0.2, 0) is 0 Å². The summed E-state index contributed by atoms with van der Waals surface area (Å²) >= 11 is 1.59. The van der Waals surface area contributed by atoms with Crippen molar-refractivity contribution in [3.8, 4) is 6.07 Å². The zero-order chi connectivity index (χ0) is 14.6. The zero-order valence-corrected chi connectivity index (χ0v) is 12.4. The van der Waals surface area contributed by atoms with Gasteiger partial charge < -0.3 is 10.4 Å². The van der Waals surface area contributed by atoms with Gasteiger partial charge in [0.2, 0.25) is 0 Å². The van der Waals surface area contributed by atoms with E-state index in [1.165, 1.54) is 0 Å². The third-order valence-corrected chi connectivity index (χ3v) is 3.85. The lowest BCUT2D eigenvalue weighted by molar-refractivity contribution is 0.0996. The molecule has 1 heterocycles. The Labute approximate surface area is 122 Å². The average molecular weight is 287 g/mol. The number of fused-ring (bicyclic) bond motifs is 1. The van der Waals surface area contributed by atoms with Crippen molar-refractivity contribution in [2.24, 2.45) is 0 Å². The lowest BCUT2D eigenvalue weighted by atomic mass is 10.1. The Hall–Kier alpha value is -1.77. The Bertz CT molecular complexity index is 649. The van der Waals surface area contributed by atoms with Crippen LogP contribution in [0.4, 0.5) is 5.82 Å². The fourth-order valence-corrected chi connectivity index (χ4v) is 2.73. The highest BCUT2D eigenvalue weighted by Gasteiger charge is 2.19. The van der Waals surface area contributed by atoms with E-state index in [1.807, 2.05) is 30.5 Å². The van der Waals surface area contributed by atoms with Gasteiger partial charge in [-0.15, -0.1) is 0 Å². The minimum absolute atomic E-state index is 0.393. The van der Waals surface area contributed by atoms with Crippen LogP contribution >= 0.6 is 11.8 Å². The highest BCUT2D eigenvalue weighted by Crippen LogP contribution is 2.20. The fourth-order valence-electron chi connectivity index (χ4n) is 2.00. The van der Waals surface area contributed by atoms with Crippen LogP contribution in [0.3, 0.4) is 0 Å². The van der Waals surface area contributed by atoms with E-state index < -0.39 is 5.60 Å². The Morgan fingerprint density at radius 2 is 2.20 bits per heavy atom. The third-order valence-electron chi connectivity index (χ3n) is 2.94. The largest absolute Gasteiger partial charge is 0.387 e. The van der Waals surface area contributed by atoms with E-state index in [1.54, 1.807) is 24.8 Å². The van der Waals surface area contributed by atoms with E-state index in [4.69, 9.17) is 0 Å². The van der Waals surface area contributed by atoms with Gasteiger partial charge in [0.15, 0.2) is 0 Å². The van der Waals surface area contributed by atoms with Gasteiger partial charge in [0.1, 0.15) is 5.82 Å². The molecule has 4 nitrogen and oxygen atoms in total. The van der Waals surface area contributed by atoms with Crippen molar-refractivity contribution < 1.29 is 5.11 Å². The highest BCUT2D eigenvalue weighted by molar-refractivity contribution is 7.98. The summed E-state index contributed by atoms with van der Waals surface area (Å²) in [5, 5.41) is 23.3. The number of rotatable bonds is 5. The number of aliphatic hydroxyl groups is 1. The molecule has 2 rings (SSSR count). The van der Waals surface area contributed by atoms with Crippen molar-refractivity contribution in [1.82, 2.24) is 4.98 Å². The Morgan fingerprint density at radius 3 is 2.90 bits per heavy atom. The van der Waals surface area contributed by atoms with Gasteiger partial charge in [0, 0.05) is 17.7 Å². The van der Waals surface area contributed by atoms with Crippen LogP contribution in [0.2, 0.25) is 0 Å². The topological polar surface area (TPSA) is 68.9 Å². The summed E-state index contributed by atoms with van der Waals surface area (Å²) in [4.78, 5) is 4.47. The van der Waals surface area contributed by atoms with Gasteiger partial charge in [-0.05, 0) is 25.3 Å². The molecule has 20 heavy (non-hydrogen) atoms. The predicted octanol–water partition coefficient (Wildman–Crippen LogP) is 2.63. The standard InChI is InChI=1S/C15H17N3OS/c1-15(19,10-20-2)9-17-14-7-11(8-16)12-5-3-4-6-13(12)18-14/h3-7,19H,9-10H2,1-2H3,(H,17,18)/t15-/m1/s1.